The molecule has 0 spiro atoms. The first-order valence-corrected chi connectivity index (χ1v) is 7.83. The van der Waals surface area contributed by atoms with Gasteiger partial charge in [-0.05, 0) is 30.5 Å². The summed E-state index contributed by atoms with van der Waals surface area (Å²) in [7, 11) is -3.47. The summed E-state index contributed by atoms with van der Waals surface area (Å²) in [6, 6.07) is 6.24. The monoisotopic (exact) mass is 286 g/mol. The van der Waals surface area contributed by atoms with E-state index in [1.165, 1.54) is 12.1 Å². The van der Waals surface area contributed by atoms with Crippen molar-refractivity contribution in [1.29, 1.82) is 0 Å². The predicted molar refractivity (Wildman–Crippen MR) is 76.3 cm³/mol. The van der Waals surface area contributed by atoms with Gasteiger partial charge in [-0.15, -0.1) is 0 Å². The summed E-state index contributed by atoms with van der Waals surface area (Å²) in [4.78, 5) is 0.190. The van der Waals surface area contributed by atoms with Crippen LogP contribution in [-0.2, 0) is 14.8 Å². The second-order valence-electron chi connectivity index (χ2n) is 4.79. The third-order valence-corrected chi connectivity index (χ3v) is 3.84. The number of ether oxygens (including phenoxy) is 1. The normalized spacial score (nSPS) is 11.9. The number of nitrogens with one attached hydrogen (secondary N) is 1. The van der Waals surface area contributed by atoms with E-state index in [0.29, 0.717) is 37.8 Å². The number of rotatable bonds is 8. The van der Waals surface area contributed by atoms with E-state index in [1.54, 1.807) is 12.1 Å². The number of nitrogen functional groups attached to an aromatic ring is 1. The molecule has 0 saturated heterocycles. The topological polar surface area (TPSA) is 81.4 Å². The smallest absolute Gasteiger partial charge is 0.240 e. The molecule has 0 aromatic heterocycles. The van der Waals surface area contributed by atoms with E-state index < -0.39 is 10.0 Å². The summed E-state index contributed by atoms with van der Waals surface area (Å²) >= 11 is 0. The molecule has 3 N–H and O–H groups in total. The summed E-state index contributed by atoms with van der Waals surface area (Å²) in [5.41, 5.74) is 6.00. The van der Waals surface area contributed by atoms with Crippen molar-refractivity contribution in [3.63, 3.8) is 0 Å². The molecule has 1 aromatic rings. The fraction of sp³-hybridized carbons (Fsp3) is 0.538. The average molecular weight is 286 g/mol. The molecule has 19 heavy (non-hydrogen) atoms. The van der Waals surface area contributed by atoms with Gasteiger partial charge in [0.25, 0.3) is 0 Å². The van der Waals surface area contributed by atoms with Crippen LogP contribution in [0.2, 0.25) is 0 Å². The van der Waals surface area contributed by atoms with E-state index in [2.05, 4.69) is 18.6 Å². The van der Waals surface area contributed by atoms with Crippen LogP contribution in [0.4, 0.5) is 5.69 Å². The minimum Gasteiger partial charge on any atom is -0.399 e. The van der Waals surface area contributed by atoms with E-state index in [-0.39, 0.29) is 4.90 Å². The molecule has 0 radical (unpaired) electrons. The van der Waals surface area contributed by atoms with Crippen molar-refractivity contribution in [2.45, 2.75) is 25.2 Å². The fourth-order valence-corrected chi connectivity index (χ4v) is 2.59. The minimum atomic E-state index is -3.47. The summed E-state index contributed by atoms with van der Waals surface area (Å²) in [6.07, 6.45) is 0.647. The number of hydrogen-bond acceptors (Lipinski definition) is 4. The zero-order chi connectivity index (χ0) is 14.3. The van der Waals surface area contributed by atoms with Gasteiger partial charge in [0.1, 0.15) is 0 Å². The van der Waals surface area contributed by atoms with Crippen molar-refractivity contribution in [3.05, 3.63) is 24.3 Å². The van der Waals surface area contributed by atoms with Gasteiger partial charge < -0.3 is 10.5 Å². The van der Waals surface area contributed by atoms with Crippen LogP contribution in [0.25, 0.3) is 0 Å². The first kappa shape index (κ1) is 15.9. The highest BCUT2D eigenvalue weighted by Gasteiger charge is 2.12. The van der Waals surface area contributed by atoms with Gasteiger partial charge in [0.05, 0.1) is 4.90 Å². The van der Waals surface area contributed by atoms with Crippen molar-refractivity contribution in [3.8, 4) is 0 Å². The molecule has 0 aliphatic heterocycles. The molecular formula is C13H22N2O3S. The van der Waals surface area contributed by atoms with Crippen molar-refractivity contribution in [2.75, 3.05) is 25.5 Å². The maximum Gasteiger partial charge on any atom is 0.240 e. The number of anilines is 1. The summed E-state index contributed by atoms with van der Waals surface area (Å²) in [5.74, 6) is 0.490. The van der Waals surface area contributed by atoms with Crippen LogP contribution >= 0.6 is 0 Å². The Labute approximate surface area is 115 Å². The Bertz CT molecular complexity index is 486. The Hall–Kier alpha value is -1.11. The van der Waals surface area contributed by atoms with Crippen LogP contribution in [0.15, 0.2) is 29.2 Å². The number of benzene rings is 1. The molecule has 0 aliphatic rings. The van der Waals surface area contributed by atoms with Crippen LogP contribution in [0.5, 0.6) is 0 Å². The SMILES string of the molecule is CC(C)COCCCNS(=O)(=O)c1cccc(N)c1. The lowest BCUT2D eigenvalue weighted by atomic mass is 10.2. The number of hydrogen-bond donors (Lipinski definition) is 2. The Morgan fingerprint density at radius 2 is 2.11 bits per heavy atom. The van der Waals surface area contributed by atoms with E-state index in [4.69, 9.17) is 10.5 Å². The van der Waals surface area contributed by atoms with Gasteiger partial charge in [0, 0.05) is 25.4 Å². The molecule has 6 heteroatoms. The lowest BCUT2D eigenvalue weighted by Crippen LogP contribution is -2.25. The van der Waals surface area contributed by atoms with Gasteiger partial charge in [-0.1, -0.05) is 19.9 Å². The number of sulfonamides is 1. The largest absolute Gasteiger partial charge is 0.399 e. The second-order valence-corrected chi connectivity index (χ2v) is 6.56. The third-order valence-electron chi connectivity index (χ3n) is 2.38. The third kappa shape index (κ3) is 6.04. The molecule has 0 saturated carbocycles. The first-order chi connectivity index (χ1) is 8.92. The molecule has 1 rings (SSSR count). The average Bonchev–Trinajstić information content (AvgIpc) is 2.33. The maximum absolute atomic E-state index is 11.9. The molecule has 0 bridgehead atoms. The highest BCUT2D eigenvalue weighted by molar-refractivity contribution is 7.89. The van der Waals surface area contributed by atoms with E-state index in [0.717, 1.165) is 0 Å². The number of nitrogens with two attached hydrogens (primary N) is 1. The second kappa shape index (κ2) is 7.47. The highest BCUT2D eigenvalue weighted by atomic mass is 32.2. The van der Waals surface area contributed by atoms with Crippen molar-refractivity contribution < 1.29 is 13.2 Å². The minimum absolute atomic E-state index is 0.190. The fourth-order valence-electron chi connectivity index (χ4n) is 1.46. The summed E-state index contributed by atoms with van der Waals surface area (Å²) in [6.45, 7) is 5.75. The molecule has 0 unspecified atom stereocenters. The van der Waals surface area contributed by atoms with Crippen molar-refractivity contribution >= 4 is 15.7 Å². The quantitative estimate of drug-likeness (QED) is 0.562. The maximum atomic E-state index is 11.9. The predicted octanol–water partition coefficient (Wildman–Crippen LogP) is 1.61. The molecule has 0 amide bonds. The van der Waals surface area contributed by atoms with Gasteiger partial charge in [0.15, 0.2) is 0 Å². The van der Waals surface area contributed by atoms with E-state index in [9.17, 15) is 8.42 Å². The van der Waals surface area contributed by atoms with Gasteiger partial charge in [-0.2, -0.15) is 0 Å². The lowest BCUT2D eigenvalue weighted by Gasteiger charge is -2.08. The molecule has 0 atom stereocenters. The Kier molecular flexibility index (Phi) is 6.27. The van der Waals surface area contributed by atoms with E-state index in [1.807, 2.05) is 0 Å². The molecule has 0 aliphatic carbocycles. The lowest BCUT2D eigenvalue weighted by molar-refractivity contribution is 0.108. The highest BCUT2D eigenvalue weighted by Crippen LogP contribution is 2.12. The molecule has 1 aromatic carbocycles. The van der Waals surface area contributed by atoms with Crippen LogP contribution in [0.1, 0.15) is 20.3 Å². The van der Waals surface area contributed by atoms with Crippen LogP contribution in [0, 0.1) is 5.92 Å². The van der Waals surface area contributed by atoms with E-state index >= 15 is 0 Å². The van der Waals surface area contributed by atoms with Gasteiger partial charge in [-0.25, -0.2) is 13.1 Å². The molecule has 5 nitrogen and oxygen atoms in total. The molecular weight excluding hydrogens is 264 g/mol. The van der Waals surface area contributed by atoms with Crippen molar-refractivity contribution in [2.24, 2.45) is 5.92 Å². The summed E-state index contributed by atoms with van der Waals surface area (Å²) in [5, 5.41) is 0. The Morgan fingerprint density at radius 3 is 2.74 bits per heavy atom. The van der Waals surface area contributed by atoms with Crippen LogP contribution < -0.4 is 10.5 Å². The Morgan fingerprint density at radius 1 is 1.37 bits per heavy atom. The zero-order valence-electron chi connectivity index (χ0n) is 11.4. The van der Waals surface area contributed by atoms with Gasteiger partial charge in [0.2, 0.25) is 10.0 Å². The van der Waals surface area contributed by atoms with Gasteiger partial charge in [-0.3, -0.25) is 0 Å². The van der Waals surface area contributed by atoms with Crippen LogP contribution in [0.3, 0.4) is 0 Å². The molecule has 108 valence electrons. The van der Waals surface area contributed by atoms with Gasteiger partial charge >= 0.3 is 0 Å². The summed E-state index contributed by atoms with van der Waals surface area (Å²) < 4.78 is 31.7. The molecule has 0 heterocycles. The van der Waals surface area contributed by atoms with Crippen LogP contribution in [-0.4, -0.2) is 28.2 Å². The zero-order valence-corrected chi connectivity index (χ0v) is 12.2. The standard InChI is InChI=1S/C13H22N2O3S/c1-11(2)10-18-8-4-7-15-19(16,17)13-6-3-5-12(14)9-13/h3,5-6,9,11,15H,4,7-8,10,14H2,1-2H3. The Balaban J connectivity index is 2.36. The first-order valence-electron chi connectivity index (χ1n) is 6.35. The molecule has 0 fully saturated rings. The van der Waals surface area contributed by atoms with Crippen molar-refractivity contribution in [1.82, 2.24) is 4.72 Å².